The van der Waals surface area contributed by atoms with E-state index in [0.29, 0.717) is 39.4 Å². The maximum Gasteiger partial charge on any atom is 0.271 e. The first kappa shape index (κ1) is 28.9. The van der Waals surface area contributed by atoms with Crippen molar-refractivity contribution in [3.05, 3.63) is 103 Å². The minimum absolute atomic E-state index is 0.126. The smallest absolute Gasteiger partial charge is 0.271 e. The fourth-order valence-electron chi connectivity index (χ4n) is 6.04. The summed E-state index contributed by atoms with van der Waals surface area (Å²) in [6, 6.07) is 19.5. The van der Waals surface area contributed by atoms with Gasteiger partial charge in [0.25, 0.3) is 11.5 Å². The van der Waals surface area contributed by atoms with Gasteiger partial charge in [0, 0.05) is 37.4 Å². The van der Waals surface area contributed by atoms with E-state index >= 15 is 0 Å². The van der Waals surface area contributed by atoms with Crippen LogP contribution in [0.3, 0.4) is 0 Å². The lowest BCUT2D eigenvalue weighted by molar-refractivity contribution is -0.127. The van der Waals surface area contributed by atoms with E-state index in [2.05, 4.69) is 17.0 Å². The number of amides is 1. The quantitative estimate of drug-likeness (QED) is 0.321. The molecular formula is C34H36N4O4S. The largest absolute Gasteiger partial charge is 0.496 e. The molecule has 0 saturated carbocycles. The van der Waals surface area contributed by atoms with Crippen LogP contribution in [0.2, 0.25) is 0 Å². The highest BCUT2D eigenvalue weighted by molar-refractivity contribution is 7.07. The number of anilines is 1. The summed E-state index contributed by atoms with van der Waals surface area (Å²) < 4.78 is 13.6. The van der Waals surface area contributed by atoms with E-state index < -0.39 is 6.04 Å². The summed E-state index contributed by atoms with van der Waals surface area (Å²) >= 11 is 1.35. The third-order valence-electron chi connectivity index (χ3n) is 8.29. The number of aromatic nitrogens is 1. The molecule has 0 spiro atoms. The molecule has 1 fully saturated rings. The number of likely N-dealkylation sites (N-methyl/N-ethyl adjacent to an activating group) is 1. The van der Waals surface area contributed by atoms with E-state index in [0.717, 1.165) is 53.9 Å². The van der Waals surface area contributed by atoms with E-state index in [1.807, 2.05) is 75.4 Å². The normalized spacial score (nSPS) is 17.2. The Kier molecular flexibility index (Phi) is 8.19. The Morgan fingerprint density at radius 3 is 2.49 bits per heavy atom. The van der Waals surface area contributed by atoms with Crippen LogP contribution in [-0.4, -0.2) is 61.9 Å². The van der Waals surface area contributed by atoms with Crippen LogP contribution in [0.15, 0.2) is 81.7 Å². The topological polar surface area (TPSA) is 76.4 Å². The van der Waals surface area contributed by atoms with Crippen molar-refractivity contribution in [3.8, 4) is 5.75 Å². The summed E-state index contributed by atoms with van der Waals surface area (Å²) in [5, 5.41) is 1.93. The lowest BCUT2D eigenvalue weighted by atomic mass is 9.90. The molecule has 2 aliphatic heterocycles. The lowest BCUT2D eigenvalue weighted by Gasteiger charge is -2.30. The standard InChI is InChI=1S/C34H36N4O4S/c1-5-36(6-2)33(40)29-22(3)35-34-38(31(29)30-26-10-8-7-9-24(26)13-16-27(30)41-4)32(39)28(43-34)21-23-11-14-25(15-12-23)37-17-19-42-20-18-37/h7-16,21,31H,5-6,17-20H2,1-4H3/b28-21-/t31-/m0/s1. The number of ether oxygens (including phenoxy) is 2. The van der Waals surface area contributed by atoms with Gasteiger partial charge >= 0.3 is 0 Å². The van der Waals surface area contributed by atoms with Crippen molar-refractivity contribution in [2.75, 3.05) is 51.4 Å². The minimum Gasteiger partial charge on any atom is -0.496 e. The number of nitrogens with zero attached hydrogens (tertiary/aromatic N) is 4. The molecule has 9 heteroatoms. The van der Waals surface area contributed by atoms with Gasteiger partial charge in [-0.2, -0.15) is 0 Å². The number of hydrogen-bond donors (Lipinski definition) is 0. The van der Waals surface area contributed by atoms with Gasteiger partial charge in [0.15, 0.2) is 4.80 Å². The third-order valence-corrected chi connectivity index (χ3v) is 9.28. The van der Waals surface area contributed by atoms with Gasteiger partial charge in [-0.1, -0.05) is 53.8 Å². The van der Waals surface area contributed by atoms with E-state index in [1.54, 1.807) is 16.6 Å². The Balaban J connectivity index is 1.54. The summed E-state index contributed by atoms with van der Waals surface area (Å²) in [6.07, 6.45) is 1.91. The van der Waals surface area contributed by atoms with Crippen LogP contribution in [0, 0.1) is 0 Å². The average Bonchev–Trinajstić information content (AvgIpc) is 3.34. The molecule has 0 unspecified atom stereocenters. The monoisotopic (exact) mass is 596 g/mol. The Hall–Kier alpha value is -4.21. The third kappa shape index (κ3) is 5.28. The molecule has 2 aliphatic rings. The second kappa shape index (κ2) is 12.2. The van der Waals surface area contributed by atoms with Gasteiger partial charge in [0.2, 0.25) is 0 Å². The van der Waals surface area contributed by atoms with Crippen LogP contribution in [-0.2, 0) is 9.53 Å². The fraction of sp³-hybridized carbons (Fsp3) is 0.324. The summed E-state index contributed by atoms with van der Waals surface area (Å²) in [5.41, 5.74) is 3.77. The SMILES string of the molecule is CCN(CC)C(=O)C1=C(C)N=c2s/c(=C\c3ccc(N4CCOCC4)cc3)c(=O)n2[C@@H]1c1c(OC)ccc2ccccc12. The van der Waals surface area contributed by atoms with Crippen molar-refractivity contribution in [2.45, 2.75) is 26.8 Å². The van der Waals surface area contributed by atoms with Gasteiger partial charge in [-0.15, -0.1) is 0 Å². The predicted octanol–water partition coefficient (Wildman–Crippen LogP) is 4.10. The van der Waals surface area contributed by atoms with Crippen molar-refractivity contribution in [1.29, 1.82) is 0 Å². The van der Waals surface area contributed by atoms with Gasteiger partial charge in [-0.25, -0.2) is 4.99 Å². The lowest BCUT2D eigenvalue weighted by Crippen LogP contribution is -2.43. The molecule has 1 amide bonds. The second-order valence-corrected chi connectivity index (χ2v) is 11.7. The number of benzene rings is 3. The molecule has 1 saturated heterocycles. The molecular weight excluding hydrogens is 560 g/mol. The molecule has 1 atom stereocenters. The minimum atomic E-state index is -0.698. The zero-order valence-corrected chi connectivity index (χ0v) is 25.8. The van der Waals surface area contributed by atoms with Crippen LogP contribution in [0.25, 0.3) is 16.8 Å². The maximum atomic E-state index is 14.3. The number of fused-ring (bicyclic) bond motifs is 2. The number of carbonyl (C=O) groups excluding carboxylic acids is 1. The van der Waals surface area contributed by atoms with Gasteiger partial charge in [0.1, 0.15) is 11.8 Å². The van der Waals surface area contributed by atoms with E-state index in [4.69, 9.17) is 14.5 Å². The first-order valence-electron chi connectivity index (χ1n) is 14.7. The summed E-state index contributed by atoms with van der Waals surface area (Å²) in [6.45, 7) is 10.1. The van der Waals surface area contributed by atoms with Gasteiger partial charge in [-0.3, -0.25) is 14.2 Å². The van der Waals surface area contributed by atoms with Crippen molar-refractivity contribution < 1.29 is 14.3 Å². The van der Waals surface area contributed by atoms with E-state index in [1.165, 1.54) is 11.3 Å². The molecule has 1 aromatic heterocycles. The summed E-state index contributed by atoms with van der Waals surface area (Å²) in [7, 11) is 1.63. The maximum absolute atomic E-state index is 14.3. The Labute approximate surface area is 254 Å². The number of morpholine rings is 1. The Morgan fingerprint density at radius 1 is 1.07 bits per heavy atom. The molecule has 222 valence electrons. The number of thiazole rings is 1. The van der Waals surface area contributed by atoms with Crippen LogP contribution >= 0.6 is 11.3 Å². The first-order valence-corrected chi connectivity index (χ1v) is 15.6. The first-order chi connectivity index (χ1) is 20.9. The zero-order chi connectivity index (χ0) is 30.1. The van der Waals surface area contributed by atoms with E-state index in [-0.39, 0.29) is 11.5 Å². The molecule has 43 heavy (non-hydrogen) atoms. The highest BCUT2D eigenvalue weighted by Crippen LogP contribution is 2.40. The number of methoxy groups -OCH3 is 1. The number of allylic oxidation sites excluding steroid dienone is 1. The Morgan fingerprint density at radius 2 is 1.79 bits per heavy atom. The Bertz CT molecular complexity index is 1880. The van der Waals surface area contributed by atoms with Crippen LogP contribution in [0.1, 0.15) is 37.9 Å². The summed E-state index contributed by atoms with van der Waals surface area (Å²) in [5.74, 6) is 0.496. The van der Waals surface area contributed by atoms with E-state index in [9.17, 15) is 9.59 Å². The van der Waals surface area contributed by atoms with Crippen LogP contribution < -0.4 is 24.5 Å². The second-order valence-electron chi connectivity index (χ2n) is 10.7. The van der Waals surface area contributed by atoms with Gasteiger partial charge < -0.3 is 19.3 Å². The van der Waals surface area contributed by atoms with Crippen molar-refractivity contribution in [2.24, 2.45) is 4.99 Å². The molecule has 3 heterocycles. The van der Waals surface area contributed by atoms with Crippen LogP contribution in [0.4, 0.5) is 5.69 Å². The van der Waals surface area contributed by atoms with Crippen LogP contribution in [0.5, 0.6) is 5.75 Å². The zero-order valence-electron chi connectivity index (χ0n) is 25.0. The molecule has 0 aliphatic carbocycles. The van der Waals surface area contributed by atoms with Gasteiger partial charge in [-0.05, 0) is 61.4 Å². The fourth-order valence-corrected chi connectivity index (χ4v) is 7.09. The molecule has 0 N–H and O–H groups in total. The molecule has 3 aromatic carbocycles. The number of rotatable bonds is 7. The van der Waals surface area contributed by atoms with Crippen molar-refractivity contribution in [1.82, 2.24) is 9.47 Å². The molecule has 0 radical (unpaired) electrons. The average molecular weight is 597 g/mol. The van der Waals surface area contributed by atoms with Gasteiger partial charge in [0.05, 0.1) is 36.1 Å². The molecule has 6 rings (SSSR count). The summed E-state index contributed by atoms with van der Waals surface area (Å²) in [4.78, 5) is 37.9. The van der Waals surface area contributed by atoms with Crippen molar-refractivity contribution >= 4 is 39.8 Å². The number of carbonyl (C=O) groups is 1. The number of hydrogen-bond acceptors (Lipinski definition) is 7. The highest BCUT2D eigenvalue weighted by atomic mass is 32.1. The van der Waals surface area contributed by atoms with Crippen molar-refractivity contribution in [3.63, 3.8) is 0 Å². The molecule has 8 nitrogen and oxygen atoms in total. The molecule has 4 aromatic rings. The highest BCUT2D eigenvalue weighted by Gasteiger charge is 2.36. The molecule has 0 bridgehead atoms. The predicted molar refractivity (Wildman–Crippen MR) is 172 cm³/mol.